The van der Waals surface area contributed by atoms with Crippen molar-refractivity contribution in [1.29, 1.82) is 0 Å². The summed E-state index contributed by atoms with van der Waals surface area (Å²) >= 11 is 0. The molecule has 80 valence electrons. The Kier molecular flexibility index (Phi) is 3.19. The van der Waals surface area contributed by atoms with Crippen LogP contribution < -0.4 is 9.47 Å². The summed E-state index contributed by atoms with van der Waals surface area (Å²) in [6.45, 7) is 1.91. The van der Waals surface area contributed by atoms with Crippen LogP contribution in [0.4, 0.5) is 0 Å². The zero-order valence-electron chi connectivity index (χ0n) is 8.22. The van der Waals surface area contributed by atoms with E-state index in [-0.39, 0.29) is 0 Å². The van der Waals surface area contributed by atoms with Crippen LogP contribution in [-0.4, -0.2) is 25.8 Å². The standard InChI is InChI=1S/C11H12O4/c12-8-15-10-3-1-9(2-4-10)13-6-5-11-7-14-11/h1-4,8,11H,5-7H2. The number of carbonyl (C=O) groups excluding carboxylic acids is 1. The molecule has 1 heterocycles. The van der Waals surface area contributed by atoms with Gasteiger partial charge in [0.15, 0.2) is 0 Å². The minimum atomic E-state index is 0.391. The highest BCUT2D eigenvalue weighted by Gasteiger charge is 2.21. The molecule has 1 unspecified atom stereocenters. The minimum Gasteiger partial charge on any atom is -0.493 e. The normalized spacial score (nSPS) is 18.3. The molecule has 1 aliphatic heterocycles. The monoisotopic (exact) mass is 208 g/mol. The molecule has 4 heteroatoms. The van der Waals surface area contributed by atoms with Crippen LogP contribution in [-0.2, 0) is 9.53 Å². The summed E-state index contributed by atoms with van der Waals surface area (Å²) in [7, 11) is 0. The number of benzene rings is 1. The summed E-state index contributed by atoms with van der Waals surface area (Å²) in [5.41, 5.74) is 0. The van der Waals surface area contributed by atoms with E-state index in [1.165, 1.54) is 0 Å². The van der Waals surface area contributed by atoms with E-state index in [1.54, 1.807) is 24.3 Å². The van der Waals surface area contributed by atoms with Crippen molar-refractivity contribution >= 4 is 6.47 Å². The lowest BCUT2D eigenvalue weighted by Gasteiger charge is -2.05. The molecule has 1 atom stereocenters. The predicted molar refractivity (Wildman–Crippen MR) is 53.0 cm³/mol. The quantitative estimate of drug-likeness (QED) is 0.523. The van der Waals surface area contributed by atoms with Gasteiger partial charge in [0.05, 0.1) is 19.3 Å². The van der Waals surface area contributed by atoms with Gasteiger partial charge in [-0.3, -0.25) is 4.79 Å². The lowest BCUT2D eigenvalue weighted by Crippen LogP contribution is -2.00. The third-order valence-electron chi connectivity index (χ3n) is 2.12. The summed E-state index contributed by atoms with van der Waals surface area (Å²) in [6.07, 6.45) is 1.31. The molecule has 4 nitrogen and oxygen atoms in total. The van der Waals surface area contributed by atoms with Gasteiger partial charge in [-0.15, -0.1) is 0 Å². The second kappa shape index (κ2) is 4.79. The van der Waals surface area contributed by atoms with Crippen molar-refractivity contribution in [2.45, 2.75) is 12.5 Å². The summed E-state index contributed by atoms with van der Waals surface area (Å²) in [5.74, 6) is 1.29. The van der Waals surface area contributed by atoms with Crippen LogP contribution in [0, 0.1) is 0 Å². The summed E-state index contributed by atoms with van der Waals surface area (Å²) < 4.78 is 15.2. The van der Waals surface area contributed by atoms with E-state index in [0.717, 1.165) is 18.8 Å². The van der Waals surface area contributed by atoms with Crippen LogP contribution in [0.1, 0.15) is 6.42 Å². The van der Waals surface area contributed by atoms with Crippen molar-refractivity contribution in [3.63, 3.8) is 0 Å². The van der Waals surface area contributed by atoms with Gasteiger partial charge in [-0.1, -0.05) is 0 Å². The molecule has 0 radical (unpaired) electrons. The first kappa shape index (κ1) is 9.98. The number of hydrogen-bond donors (Lipinski definition) is 0. The number of hydrogen-bond acceptors (Lipinski definition) is 4. The number of carbonyl (C=O) groups is 1. The molecule has 1 aromatic rings. The maximum absolute atomic E-state index is 10.0. The van der Waals surface area contributed by atoms with Gasteiger partial charge in [-0.2, -0.15) is 0 Å². The first-order chi connectivity index (χ1) is 7.38. The fourth-order valence-electron chi connectivity index (χ4n) is 1.21. The smallest absolute Gasteiger partial charge is 0.298 e. The zero-order chi connectivity index (χ0) is 10.5. The molecule has 0 aliphatic carbocycles. The average Bonchev–Trinajstić information content (AvgIpc) is 3.05. The summed E-state index contributed by atoms with van der Waals surface area (Å²) in [5, 5.41) is 0. The molecular weight excluding hydrogens is 196 g/mol. The van der Waals surface area contributed by atoms with Gasteiger partial charge in [0.25, 0.3) is 6.47 Å². The van der Waals surface area contributed by atoms with Crippen LogP contribution in [0.25, 0.3) is 0 Å². The molecule has 0 bridgehead atoms. The highest BCUT2D eigenvalue weighted by molar-refractivity contribution is 5.45. The lowest BCUT2D eigenvalue weighted by molar-refractivity contribution is -0.120. The highest BCUT2D eigenvalue weighted by Crippen LogP contribution is 2.18. The molecule has 1 fully saturated rings. The number of ether oxygens (including phenoxy) is 3. The van der Waals surface area contributed by atoms with E-state index in [1.807, 2.05) is 0 Å². The number of rotatable bonds is 6. The molecule has 15 heavy (non-hydrogen) atoms. The number of epoxide rings is 1. The van der Waals surface area contributed by atoms with Crippen molar-refractivity contribution in [3.8, 4) is 11.5 Å². The van der Waals surface area contributed by atoms with Crippen molar-refractivity contribution in [1.82, 2.24) is 0 Å². The fourth-order valence-corrected chi connectivity index (χ4v) is 1.21. The third-order valence-corrected chi connectivity index (χ3v) is 2.12. The Labute approximate surface area is 87.8 Å². The van der Waals surface area contributed by atoms with E-state index in [2.05, 4.69) is 4.74 Å². The van der Waals surface area contributed by atoms with E-state index >= 15 is 0 Å². The van der Waals surface area contributed by atoms with E-state index in [4.69, 9.17) is 9.47 Å². The Morgan fingerprint density at radius 3 is 2.60 bits per heavy atom. The molecule has 1 saturated heterocycles. The first-order valence-corrected chi connectivity index (χ1v) is 4.83. The van der Waals surface area contributed by atoms with Crippen molar-refractivity contribution in [2.24, 2.45) is 0 Å². The van der Waals surface area contributed by atoms with E-state index in [0.29, 0.717) is 24.9 Å². The van der Waals surface area contributed by atoms with Crippen LogP contribution >= 0.6 is 0 Å². The molecule has 1 aromatic carbocycles. The fraction of sp³-hybridized carbons (Fsp3) is 0.364. The predicted octanol–water partition coefficient (Wildman–Crippen LogP) is 1.39. The van der Waals surface area contributed by atoms with Gasteiger partial charge in [0.1, 0.15) is 11.5 Å². The Bertz CT molecular complexity index is 316. The van der Waals surface area contributed by atoms with Crippen LogP contribution in [0.5, 0.6) is 11.5 Å². The van der Waals surface area contributed by atoms with Gasteiger partial charge in [-0.25, -0.2) is 0 Å². The SMILES string of the molecule is O=COc1ccc(OCCC2CO2)cc1. The maximum Gasteiger partial charge on any atom is 0.298 e. The Hall–Kier alpha value is -1.55. The summed E-state index contributed by atoms with van der Waals surface area (Å²) in [4.78, 5) is 10.0. The molecule has 2 rings (SSSR count). The van der Waals surface area contributed by atoms with Crippen LogP contribution in [0.15, 0.2) is 24.3 Å². The summed E-state index contributed by atoms with van der Waals surface area (Å²) in [6, 6.07) is 6.92. The molecular formula is C11H12O4. The molecule has 0 aromatic heterocycles. The van der Waals surface area contributed by atoms with E-state index in [9.17, 15) is 4.79 Å². The Balaban J connectivity index is 1.77. The molecule has 0 saturated carbocycles. The molecule has 0 spiro atoms. The van der Waals surface area contributed by atoms with Gasteiger partial charge >= 0.3 is 0 Å². The lowest BCUT2D eigenvalue weighted by atomic mass is 10.3. The second-order valence-corrected chi connectivity index (χ2v) is 3.28. The topological polar surface area (TPSA) is 48.1 Å². The average molecular weight is 208 g/mol. The van der Waals surface area contributed by atoms with Crippen molar-refractivity contribution < 1.29 is 19.0 Å². The first-order valence-electron chi connectivity index (χ1n) is 4.83. The third kappa shape index (κ3) is 3.25. The Morgan fingerprint density at radius 1 is 1.33 bits per heavy atom. The largest absolute Gasteiger partial charge is 0.493 e. The van der Waals surface area contributed by atoms with Crippen molar-refractivity contribution in [2.75, 3.05) is 13.2 Å². The van der Waals surface area contributed by atoms with Crippen molar-refractivity contribution in [3.05, 3.63) is 24.3 Å². The second-order valence-electron chi connectivity index (χ2n) is 3.28. The molecule has 0 amide bonds. The van der Waals surface area contributed by atoms with Gasteiger partial charge < -0.3 is 14.2 Å². The minimum absolute atomic E-state index is 0.391. The molecule has 1 aliphatic rings. The highest BCUT2D eigenvalue weighted by atomic mass is 16.6. The van der Waals surface area contributed by atoms with Crippen LogP contribution in [0.2, 0.25) is 0 Å². The van der Waals surface area contributed by atoms with Gasteiger partial charge in [-0.05, 0) is 24.3 Å². The maximum atomic E-state index is 10.0. The van der Waals surface area contributed by atoms with Gasteiger partial charge in [0.2, 0.25) is 0 Å². The Morgan fingerprint density at radius 2 is 2.00 bits per heavy atom. The molecule has 0 N–H and O–H groups in total. The van der Waals surface area contributed by atoms with Crippen LogP contribution in [0.3, 0.4) is 0 Å². The zero-order valence-corrected chi connectivity index (χ0v) is 8.22. The van der Waals surface area contributed by atoms with E-state index < -0.39 is 0 Å². The van der Waals surface area contributed by atoms with Gasteiger partial charge in [0, 0.05) is 6.42 Å².